The van der Waals surface area contributed by atoms with Gasteiger partial charge in [0.25, 0.3) is 0 Å². The Hall–Kier alpha value is -0.120. The van der Waals surface area contributed by atoms with Crippen molar-refractivity contribution in [3.63, 3.8) is 0 Å². The molecule has 0 aromatic carbocycles. The normalized spacial score (nSPS) is 36.7. The first-order valence-electron chi connectivity index (χ1n) is 3.15. The number of hydrogen-bond acceptors (Lipinski definition) is 3. The maximum absolute atomic E-state index is 8.94. The van der Waals surface area contributed by atoms with Crippen LogP contribution in [0.2, 0.25) is 0 Å². The molecule has 1 heterocycles. The summed E-state index contributed by atoms with van der Waals surface area (Å²) in [7, 11) is 1.61. The Morgan fingerprint density at radius 3 is 2.78 bits per heavy atom. The largest absolute Gasteiger partial charge is 0.391 e. The highest BCUT2D eigenvalue weighted by Crippen LogP contribution is 2.12. The van der Waals surface area contributed by atoms with Crippen molar-refractivity contribution < 1.29 is 14.6 Å². The van der Waals surface area contributed by atoms with E-state index in [0.717, 1.165) is 12.8 Å². The van der Waals surface area contributed by atoms with Gasteiger partial charge in [-0.2, -0.15) is 0 Å². The number of methoxy groups -OCH3 is 1. The zero-order chi connectivity index (χ0) is 6.69. The predicted molar refractivity (Wildman–Crippen MR) is 32.0 cm³/mol. The minimum Gasteiger partial charge on any atom is -0.391 e. The van der Waals surface area contributed by atoms with Gasteiger partial charge in [0.05, 0.1) is 12.7 Å². The number of aliphatic hydroxyl groups is 1. The molecule has 9 heavy (non-hydrogen) atoms. The van der Waals surface area contributed by atoms with Gasteiger partial charge in [0, 0.05) is 13.5 Å². The molecule has 0 aromatic heterocycles. The van der Waals surface area contributed by atoms with Gasteiger partial charge >= 0.3 is 0 Å². The smallest absolute Gasteiger partial charge is 0.157 e. The fourth-order valence-corrected chi connectivity index (χ4v) is 0.899. The van der Waals surface area contributed by atoms with Gasteiger partial charge in [0.2, 0.25) is 0 Å². The lowest BCUT2D eigenvalue weighted by atomic mass is 10.1. The van der Waals surface area contributed by atoms with E-state index in [-0.39, 0.29) is 12.4 Å². The Morgan fingerprint density at radius 1 is 1.56 bits per heavy atom. The molecule has 3 heteroatoms. The van der Waals surface area contributed by atoms with Gasteiger partial charge in [-0.15, -0.1) is 0 Å². The molecule has 0 bridgehead atoms. The summed E-state index contributed by atoms with van der Waals surface area (Å²) in [6.07, 6.45) is 1.22. The SMILES string of the molecule is CO[C@@H]1CCC(O)CO1. The third-order valence-corrected chi connectivity index (χ3v) is 1.47. The summed E-state index contributed by atoms with van der Waals surface area (Å²) in [6, 6.07) is 0. The van der Waals surface area contributed by atoms with E-state index in [1.807, 2.05) is 0 Å². The average molecular weight is 132 g/mol. The van der Waals surface area contributed by atoms with Crippen molar-refractivity contribution in [2.45, 2.75) is 25.2 Å². The third-order valence-electron chi connectivity index (χ3n) is 1.47. The third kappa shape index (κ3) is 1.93. The molecule has 0 aliphatic carbocycles. The molecule has 2 atom stereocenters. The van der Waals surface area contributed by atoms with E-state index in [9.17, 15) is 0 Å². The predicted octanol–water partition coefficient (Wildman–Crippen LogP) is 0.130. The van der Waals surface area contributed by atoms with Crippen molar-refractivity contribution in [1.29, 1.82) is 0 Å². The number of aliphatic hydroxyl groups excluding tert-OH is 1. The number of rotatable bonds is 1. The average Bonchev–Trinajstić information content (AvgIpc) is 1.90. The van der Waals surface area contributed by atoms with Crippen LogP contribution in [0.25, 0.3) is 0 Å². The van der Waals surface area contributed by atoms with E-state index in [1.165, 1.54) is 0 Å². The summed E-state index contributed by atoms with van der Waals surface area (Å²) in [4.78, 5) is 0. The van der Waals surface area contributed by atoms with Gasteiger partial charge in [-0.1, -0.05) is 0 Å². The molecule has 54 valence electrons. The van der Waals surface area contributed by atoms with Gasteiger partial charge in [-0.3, -0.25) is 0 Å². The monoisotopic (exact) mass is 132 g/mol. The van der Waals surface area contributed by atoms with Crippen LogP contribution in [0, 0.1) is 0 Å². The highest BCUT2D eigenvalue weighted by atomic mass is 16.7. The van der Waals surface area contributed by atoms with Gasteiger partial charge in [-0.05, 0) is 6.42 Å². The van der Waals surface area contributed by atoms with Crippen molar-refractivity contribution in [1.82, 2.24) is 0 Å². The first-order chi connectivity index (χ1) is 4.33. The Kier molecular flexibility index (Phi) is 2.45. The van der Waals surface area contributed by atoms with E-state index < -0.39 is 0 Å². The zero-order valence-corrected chi connectivity index (χ0v) is 5.54. The van der Waals surface area contributed by atoms with Crippen LogP contribution in [0.3, 0.4) is 0 Å². The number of hydrogen-bond donors (Lipinski definition) is 1. The Bertz CT molecular complexity index is 76.4. The van der Waals surface area contributed by atoms with Crippen LogP contribution in [-0.4, -0.2) is 31.2 Å². The fraction of sp³-hybridized carbons (Fsp3) is 1.00. The zero-order valence-electron chi connectivity index (χ0n) is 5.54. The number of ether oxygens (including phenoxy) is 2. The van der Waals surface area contributed by atoms with E-state index in [4.69, 9.17) is 14.6 Å². The van der Waals surface area contributed by atoms with E-state index in [0.29, 0.717) is 6.61 Å². The van der Waals surface area contributed by atoms with E-state index in [2.05, 4.69) is 0 Å². The lowest BCUT2D eigenvalue weighted by Gasteiger charge is -2.24. The lowest BCUT2D eigenvalue weighted by Crippen LogP contribution is -2.30. The molecule has 1 fully saturated rings. The van der Waals surface area contributed by atoms with Crippen molar-refractivity contribution >= 4 is 0 Å². The quantitative estimate of drug-likeness (QED) is 0.551. The summed E-state index contributed by atoms with van der Waals surface area (Å²) in [5.41, 5.74) is 0. The highest BCUT2D eigenvalue weighted by Gasteiger charge is 2.18. The minimum atomic E-state index is -0.281. The molecular weight excluding hydrogens is 120 g/mol. The van der Waals surface area contributed by atoms with Crippen molar-refractivity contribution in [3.8, 4) is 0 Å². The van der Waals surface area contributed by atoms with Crippen LogP contribution in [0.5, 0.6) is 0 Å². The molecule has 1 unspecified atom stereocenters. The fourth-order valence-electron chi connectivity index (χ4n) is 0.899. The molecule has 0 radical (unpaired) electrons. The van der Waals surface area contributed by atoms with E-state index in [1.54, 1.807) is 7.11 Å². The van der Waals surface area contributed by atoms with Crippen LogP contribution in [0.15, 0.2) is 0 Å². The maximum atomic E-state index is 8.94. The van der Waals surface area contributed by atoms with Gasteiger partial charge in [0.1, 0.15) is 0 Å². The first kappa shape index (κ1) is 6.99. The lowest BCUT2D eigenvalue weighted by molar-refractivity contribution is -0.172. The van der Waals surface area contributed by atoms with Crippen LogP contribution >= 0.6 is 0 Å². The second-order valence-corrected chi connectivity index (χ2v) is 2.23. The van der Waals surface area contributed by atoms with Crippen molar-refractivity contribution in [2.75, 3.05) is 13.7 Å². The maximum Gasteiger partial charge on any atom is 0.157 e. The molecule has 0 amide bonds. The van der Waals surface area contributed by atoms with Crippen molar-refractivity contribution in [2.24, 2.45) is 0 Å². The second-order valence-electron chi connectivity index (χ2n) is 2.23. The van der Waals surface area contributed by atoms with Crippen LogP contribution in [0.1, 0.15) is 12.8 Å². The highest BCUT2D eigenvalue weighted by molar-refractivity contribution is 4.62. The van der Waals surface area contributed by atoms with Gasteiger partial charge in [-0.25, -0.2) is 0 Å². The summed E-state index contributed by atoms with van der Waals surface area (Å²) >= 11 is 0. The molecule has 1 saturated heterocycles. The van der Waals surface area contributed by atoms with Crippen LogP contribution < -0.4 is 0 Å². The van der Waals surface area contributed by atoms with Crippen LogP contribution in [-0.2, 0) is 9.47 Å². The standard InChI is InChI=1S/C6H12O3/c1-8-6-3-2-5(7)4-9-6/h5-7H,2-4H2,1H3/t5?,6-/m0/s1. The summed E-state index contributed by atoms with van der Waals surface area (Å²) in [5.74, 6) is 0. The molecular formula is C6H12O3. The molecule has 3 nitrogen and oxygen atoms in total. The van der Waals surface area contributed by atoms with Crippen molar-refractivity contribution in [3.05, 3.63) is 0 Å². The molecule has 1 N–H and O–H groups in total. The minimum absolute atomic E-state index is 0.0894. The molecule has 1 aliphatic heterocycles. The van der Waals surface area contributed by atoms with E-state index >= 15 is 0 Å². The Balaban J connectivity index is 2.18. The summed E-state index contributed by atoms with van der Waals surface area (Å²) in [5, 5.41) is 8.94. The first-order valence-corrected chi connectivity index (χ1v) is 3.15. The molecule has 0 aromatic rings. The molecule has 1 rings (SSSR count). The van der Waals surface area contributed by atoms with Crippen LogP contribution in [0.4, 0.5) is 0 Å². The topological polar surface area (TPSA) is 38.7 Å². The van der Waals surface area contributed by atoms with Gasteiger partial charge < -0.3 is 14.6 Å². The summed E-state index contributed by atoms with van der Waals surface area (Å²) in [6.45, 7) is 0.415. The molecule has 1 aliphatic rings. The second kappa shape index (κ2) is 3.15. The molecule has 0 spiro atoms. The summed E-state index contributed by atoms with van der Waals surface area (Å²) < 4.78 is 9.97. The van der Waals surface area contributed by atoms with Gasteiger partial charge in [0.15, 0.2) is 6.29 Å². The Morgan fingerprint density at radius 2 is 2.33 bits per heavy atom. The molecule has 0 saturated carbocycles. The Labute approximate surface area is 54.6 Å².